The number of nitrogens with one attached hydrogen (secondary N) is 1. The molecule has 2 heterocycles. The van der Waals surface area contributed by atoms with Gasteiger partial charge in [0, 0.05) is 22.5 Å². The van der Waals surface area contributed by atoms with Crippen LogP contribution >= 0.6 is 0 Å². The van der Waals surface area contributed by atoms with E-state index in [1.807, 2.05) is 0 Å². The average Bonchev–Trinajstić information content (AvgIpc) is 3.19. The maximum atomic E-state index is 6.36. The molecule has 158 valence electrons. The molecular weight excluding hydrogens is 378 g/mol. The van der Waals surface area contributed by atoms with E-state index < -0.39 is 0 Å². The smallest absolute Gasteiger partial charge is 0.219 e. The van der Waals surface area contributed by atoms with Crippen molar-refractivity contribution in [2.75, 3.05) is 0 Å². The van der Waals surface area contributed by atoms with Crippen LogP contribution in [0.2, 0.25) is 0 Å². The summed E-state index contributed by atoms with van der Waals surface area (Å²) in [7, 11) is 0. The van der Waals surface area contributed by atoms with Crippen LogP contribution < -0.4 is 4.99 Å². The largest absolute Gasteiger partial charge is 0.465 e. The number of ether oxygens (including phenoxy) is 1. The Hall–Kier alpha value is -3.13. The van der Waals surface area contributed by atoms with E-state index in [0.717, 1.165) is 28.5 Å². The van der Waals surface area contributed by atoms with Crippen LogP contribution in [0.1, 0.15) is 52.7 Å². The minimum absolute atomic E-state index is 0.0763. The van der Waals surface area contributed by atoms with E-state index in [0.29, 0.717) is 0 Å². The molecule has 2 heteroatoms. The van der Waals surface area contributed by atoms with Crippen LogP contribution in [-0.4, -0.2) is 5.71 Å². The summed E-state index contributed by atoms with van der Waals surface area (Å²) in [6.45, 7) is 13.2. The Morgan fingerprint density at radius 2 is 1.10 bits per heavy atom. The zero-order valence-corrected chi connectivity index (χ0v) is 19.4. The van der Waals surface area contributed by atoms with Gasteiger partial charge < -0.3 is 4.74 Å². The van der Waals surface area contributed by atoms with E-state index in [9.17, 15) is 0 Å². The molecule has 0 amide bonds. The lowest BCUT2D eigenvalue weighted by Crippen LogP contribution is -2.68. The molecule has 2 aromatic rings. The van der Waals surface area contributed by atoms with E-state index in [2.05, 4.69) is 125 Å². The number of hydrogen-bond acceptors (Lipinski definition) is 1. The van der Waals surface area contributed by atoms with Gasteiger partial charge in [-0.25, -0.2) is 4.99 Å². The van der Waals surface area contributed by atoms with Crippen molar-refractivity contribution in [3.8, 4) is 0 Å². The van der Waals surface area contributed by atoms with Crippen LogP contribution in [0.5, 0.6) is 0 Å². The molecular formula is C29H32NO+. The molecule has 0 bridgehead atoms. The zero-order valence-electron chi connectivity index (χ0n) is 19.4. The van der Waals surface area contributed by atoms with Gasteiger partial charge in [-0.3, -0.25) is 0 Å². The second kappa shape index (κ2) is 7.85. The lowest BCUT2D eigenvalue weighted by molar-refractivity contribution is -0.386. The molecule has 2 aliphatic heterocycles. The van der Waals surface area contributed by atoms with Crippen LogP contribution in [0.3, 0.4) is 0 Å². The Balaban J connectivity index is 1.93. The van der Waals surface area contributed by atoms with Crippen molar-refractivity contribution >= 4 is 11.3 Å². The van der Waals surface area contributed by atoms with Crippen LogP contribution in [0.4, 0.5) is 0 Å². The second-order valence-electron chi connectivity index (χ2n) is 10.3. The second-order valence-corrected chi connectivity index (χ2v) is 10.3. The van der Waals surface area contributed by atoms with Gasteiger partial charge in [0.05, 0.1) is 11.1 Å². The lowest BCUT2D eigenvalue weighted by atomic mass is 9.86. The van der Waals surface area contributed by atoms with Gasteiger partial charge in [-0.05, 0) is 29.8 Å². The molecule has 31 heavy (non-hydrogen) atoms. The van der Waals surface area contributed by atoms with Gasteiger partial charge in [-0.15, -0.1) is 0 Å². The van der Waals surface area contributed by atoms with Crippen molar-refractivity contribution in [3.63, 3.8) is 0 Å². The molecule has 0 saturated carbocycles. The van der Waals surface area contributed by atoms with Gasteiger partial charge in [-0.1, -0.05) is 90.1 Å². The van der Waals surface area contributed by atoms with Gasteiger partial charge in [0.15, 0.2) is 0 Å². The molecule has 0 aromatic heterocycles. The van der Waals surface area contributed by atoms with Crippen molar-refractivity contribution in [1.82, 2.24) is 0 Å². The molecule has 0 unspecified atom stereocenters. The molecule has 2 aliphatic rings. The molecule has 0 saturated heterocycles. The zero-order chi connectivity index (χ0) is 22.2. The Kier molecular flexibility index (Phi) is 5.35. The highest BCUT2D eigenvalue weighted by Gasteiger charge is 2.32. The molecule has 0 atom stereocenters. The predicted octanol–water partition coefficient (Wildman–Crippen LogP) is 5.80. The van der Waals surface area contributed by atoms with E-state index in [-0.39, 0.29) is 10.8 Å². The molecule has 4 rings (SSSR count). The minimum atomic E-state index is -0.0763. The number of allylic oxidation sites excluding steroid dienone is 7. The summed E-state index contributed by atoms with van der Waals surface area (Å²) in [4.78, 5) is 3.73. The Morgan fingerprint density at radius 1 is 0.613 bits per heavy atom. The first-order chi connectivity index (χ1) is 14.6. The first-order valence-electron chi connectivity index (χ1n) is 11.0. The SMILES string of the molecule is CC(C)(C)C1=CC(=C2C=C(c3ccccc3)C(c3ccccc3)=[NH+]2)C=C(C(C)(C)C)O1. The van der Waals surface area contributed by atoms with Crippen LogP contribution in [0.15, 0.2) is 102 Å². The summed E-state index contributed by atoms with van der Waals surface area (Å²) < 4.78 is 6.36. The predicted molar refractivity (Wildman–Crippen MR) is 129 cm³/mol. The van der Waals surface area contributed by atoms with Gasteiger partial charge in [0.1, 0.15) is 11.5 Å². The Labute approximate surface area is 186 Å². The third-order valence-electron chi connectivity index (χ3n) is 5.55. The third kappa shape index (κ3) is 4.49. The molecule has 0 radical (unpaired) electrons. The summed E-state index contributed by atoms with van der Waals surface area (Å²) >= 11 is 0. The van der Waals surface area contributed by atoms with Crippen molar-refractivity contribution in [2.45, 2.75) is 41.5 Å². The van der Waals surface area contributed by atoms with Gasteiger partial charge in [-0.2, -0.15) is 0 Å². The molecule has 0 aliphatic carbocycles. The number of benzene rings is 2. The summed E-state index contributed by atoms with van der Waals surface area (Å²) in [6.07, 6.45) is 6.64. The monoisotopic (exact) mass is 410 g/mol. The molecule has 1 N–H and O–H groups in total. The minimum Gasteiger partial charge on any atom is -0.465 e. The van der Waals surface area contributed by atoms with E-state index >= 15 is 0 Å². The topological polar surface area (TPSA) is 23.2 Å². The fourth-order valence-corrected chi connectivity index (χ4v) is 3.68. The standard InChI is InChI=1S/C29H31NO/c1-28(2,3)25-17-22(18-26(31-25)29(4,5)6)24-19-23(20-13-9-7-10-14-20)27(30-24)21-15-11-8-12-16-21/h7-19H,1-6H3/p+1. The number of rotatable bonds is 2. The maximum Gasteiger partial charge on any atom is 0.219 e. The molecule has 2 aromatic carbocycles. The Bertz CT molecular complexity index is 1040. The summed E-state index contributed by atoms with van der Waals surface area (Å²) in [5.41, 5.74) is 6.83. The quantitative estimate of drug-likeness (QED) is 0.665. The van der Waals surface area contributed by atoms with Gasteiger partial charge >= 0.3 is 0 Å². The number of hydrogen-bond donors (Lipinski definition) is 1. The van der Waals surface area contributed by atoms with E-state index in [1.54, 1.807) is 0 Å². The van der Waals surface area contributed by atoms with Crippen molar-refractivity contribution < 1.29 is 9.73 Å². The summed E-state index contributed by atoms with van der Waals surface area (Å²) in [5.74, 6) is 1.99. The average molecular weight is 411 g/mol. The van der Waals surface area contributed by atoms with E-state index in [4.69, 9.17) is 4.74 Å². The Morgan fingerprint density at radius 3 is 1.58 bits per heavy atom. The highest BCUT2D eigenvalue weighted by molar-refractivity contribution is 6.30. The lowest BCUT2D eigenvalue weighted by Gasteiger charge is -2.32. The fraction of sp³-hybridized carbons (Fsp3) is 0.276. The van der Waals surface area contributed by atoms with Crippen LogP contribution in [0.25, 0.3) is 5.57 Å². The molecule has 0 fully saturated rings. The van der Waals surface area contributed by atoms with Crippen LogP contribution in [0, 0.1) is 10.8 Å². The van der Waals surface area contributed by atoms with Crippen LogP contribution in [-0.2, 0) is 4.74 Å². The summed E-state index contributed by atoms with van der Waals surface area (Å²) in [5, 5.41) is 0. The van der Waals surface area contributed by atoms with Crippen molar-refractivity contribution in [1.29, 1.82) is 0 Å². The third-order valence-corrected chi connectivity index (χ3v) is 5.55. The molecule has 2 nitrogen and oxygen atoms in total. The first kappa shape index (κ1) is 21.1. The highest BCUT2D eigenvalue weighted by atomic mass is 16.5. The van der Waals surface area contributed by atoms with Crippen molar-refractivity contribution in [3.05, 3.63) is 113 Å². The normalized spacial score (nSPS) is 17.0. The highest BCUT2D eigenvalue weighted by Crippen LogP contribution is 2.39. The fourth-order valence-electron chi connectivity index (χ4n) is 3.68. The van der Waals surface area contributed by atoms with Gasteiger partial charge in [0.25, 0.3) is 0 Å². The van der Waals surface area contributed by atoms with Crippen molar-refractivity contribution in [2.24, 2.45) is 10.8 Å². The summed E-state index contributed by atoms with van der Waals surface area (Å²) in [6, 6.07) is 21.1. The maximum absolute atomic E-state index is 6.36. The van der Waals surface area contributed by atoms with Gasteiger partial charge in [0.2, 0.25) is 11.4 Å². The molecule has 0 spiro atoms. The first-order valence-corrected chi connectivity index (χ1v) is 11.0. The van der Waals surface area contributed by atoms with E-state index in [1.165, 1.54) is 16.7 Å².